The maximum Gasteiger partial charge on any atom is 0.227 e. The Kier molecular flexibility index (Phi) is 6.63. The average Bonchev–Trinajstić information content (AvgIpc) is 3.18. The van der Waals surface area contributed by atoms with Gasteiger partial charge in [-0.3, -0.25) is 4.79 Å². The number of amides is 1. The van der Waals surface area contributed by atoms with Gasteiger partial charge in [-0.1, -0.05) is 24.6 Å². The molecule has 1 amide bonds. The number of carbonyl (C=O) groups excluding carboxylic acids is 1. The van der Waals surface area contributed by atoms with E-state index in [-0.39, 0.29) is 24.4 Å². The summed E-state index contributed by atoms with van der Waals surface area (Å²) in [6.07, 6.45) is 3.83. The predicted molar refractivity (Wildman–Crippen MR) is 99.1 cm³/mol. The van der Waals surface area contributed by atoms with E-state index in [2.05, 4.69) is 16.8 Å². The molecule has 1 aliphatic carbocycles. The van der Waals surface area contributed by atoms with Gasteiger partial charge in [0.25, 0.3) is 0 Å². The normalized spacial score (nSPS) is 20.0. The number of carbonyl (C=O) groups is 1. The molecule has 2 atom stereocenters. The lowest BCUT2D eigenvalue weighted by atomic mass is 9.99. The summed E-state index contributed by atoms with van der Waals surface area (Å²) in [6.45, 7) is 0.633. The van der Waals surface area contributed by atoms with Crippen LogP contribution in [0.2, 0.25) is 0 Å². The van der Waals surface area contributed by atoms with Crippen LogP contribution in [0.25, 0.3) is 0 Å². The van der Waals surface area contributed by atoms with Crippen molar-refractivity contribution in [1.82, 2.24) is 0 Å². The minimum Gasteiger partial charge on any atom is -0.327 e. The van der Waals surface area contributed by atoms with Crippen molar-refractivity contribution in [1.29, 1.82) is 0 Å². The molecule has 1 heterocycles. The van der Waals surface area contributed by atoms with Crippen molar-refractivity contribution in [3.8, 4) is 0 Å². The van der Waals surface area contributed by atoms with Crippen LogP contribution in [0.15, 0.2) is 47.2 Å². The monoisotopic (exact) mass is 350 g/mol. The number of anilines is 1. The van der Waals surface area contributed by atoms with Gasteiger partial charge >= 0.3 is 0 Å². The van der Waals surface area contributed by atoms with Gasteiger partial charge in [-0.15, -0.1) is 12.4 Å². The number of benzene rings is 1. The molecule has 23 heavy (non-hydrogen) atoms. The highest BCUT2D eigenvalue weighted by molar-refractivity contribution is 7.07. The third kappa shape index (κ3) is 4.56. The van der Waals surface area contributed by atoms with Crippen molar-refractivity contribution in [2.45, 2.75) is 38.3 Å². The Morgan fingerprint density at radius 3 is 2.61 bits per heavy atom. The summed E-state index contributed by atoms with van der Waals surface area (Å²) in [6, 6.07) is 12.2. The topological polar surface area (TPSA) is 46.3 Å². The molecule has 0 radical (unpaired) electrons. The minimum atomic E-state index is 0. The van der Waals surface area contributed by atoms with E-state index in [1.165, 1.54) is 5.56 Å². The molecule has 0 bridgehead atoms. The minimum absolute atomic E-state index is 0. The Bertz CT molecular complexity index is 603. The van der Waals surface area contributed by atoms with Gasteiger partial charge in [0.1, 0.15) is 0 Å². The Morgan fingerprint density at radius 2 is 2.00 bits per heavy atom. The fourth-order valence-electron chi connectivity index (χ4n) is 3.15. The zero-order chi connectivity index (χ0) is 15.4. The molecule has 2 N–H and O–H groups in total. The van der Waals surface area contributed by atoms with Gasteiger partial charge in [-0.25, -0.2) is 0 Å². The van der Waals surface area contributed by atoms with Crippen molar-refractivity contribution in [2.75, 3.05) is 4.90 Å². The highest BCUT2D eigenvalue weighted by Gasteiger charge is 2.28. The summed E-state index contributed by atoms with van der Waals surface area (Å²) in [5, 5.41) is 4.15. The van der Waals surface area contributed by atoms with Crippen LogP contribution in [0, 0.1) is 5.92 Å². The van der Waals surface area contributed by atoms with Gasteiger partial charge in [-0.05, 0) is 53.3 Å². The number of halogens is 1. The summed E-state index contributed by atoms with van der Waals surface area (Å²) in [4.78, 5) is 14.7. The SMILES string of the molecule is Cl.N[C@@H]1CCC[C@H]1CC(=O)N(Cc1ccsc1)c1ccccc1. The zero-order valence-corrected chi connectivity index (χ0v) is 14.7. The Morgan fingerprint density at radius 1 is 1.22 bits per heavy atom. The number of hydrogen-bond acceptors (Lipinski definition) is 3. The van der Waals surface area contributed by atoms with Gasteiger partial charge in [0.15, 0.2) is 0 Å². The van der Waals surface area contributed by atoms with Crippen LogP contribution in [-0.4, -0.2) is 11.9 Å². The number of thiophene rings is 1. The predicted octanol–water partition coefficient (Wildman–Crippen LogP) is 4.22. The van der Waals surface area contributed by atoms with Gasteiger partial charge < -0.3 is 10.6 Å². The molecule has 1 saturated carbocycles. The average molecular weight is 351 g/mol. The highest BCUT2D eigenvalue weighted by atomic mass is 35.5. The number of nitrogens with zero attached hydrogens (tertiary/aromatic N) is 1. The van der Waals surface area contributed by atoms with E-state index in [0.717, 1.165) is 24.9 Å². The van der Waals surface area contributed by atoms with Crippen molar-refractivity contribution in [3.63, 3.8) is 0 Å². The second-order valence-electron chi connectivity index (χ2n) is 6.01. The fourth-order valence-corrected chi connectivity index (χ4v) is 3.81. The van der Waals surface area contributed by atoms with Crippen LogP contribution in [0.1, 0.15) is 31.2 Å². The Balaban J connectivity index is 0.00000192. The quantitative estimate of drug-likeness (QED) is 0.877. The van der Waals surface area contributed by atoms with E-state index in [1.807, 2.05) is 35.2 Å². The van der Waals surface area contributed by atoms with Crippen molar-refractivity contribution in [2.24, 2.45) is 11.7 Å². The second kappa shape index (κ2) is 8.48. The maximum atomic E-state index is 12.8. The number of para-hydroxylation sites is 1. The second-order valence-corrected chi connectivity index (χ2v) is 6.79. The molecule has 3 rings (SSSR count). The van der Waals surface area contributed by atoms with Crippen LogP contribution in [0.3, 0.4) is 0 Å². The molecular weight excluding hydrogens is 328 g/mol. The molecule has 0 aliphatic heterocycles. The highest BCUT2D eigenvalue weighted by Crippen LogP contribution is 2.29. The largest absolute Gasteiger partial charge is 0.327 e. The molecule has 1 aromatic heterocycles. The first-order valence-electron chi connectivity index (χ1n) is 7.86. The third-order valence-corrected chi connectivity index (χ3v) is 5.18. The first-order valence-corrected chi connectivity index (χ1v) is 8.80. The van der Waals surface area contributed by atoms with Crippen LogP contribution in [-0.2, 0) is 11.3 Å². The third-order valence-electron chi connectivity index (χ3n) is 4.44. The van der Waals surface area contributed by atoms with Gasteiger partial charge in [0.05, 0.1) is 6.54 Å². The summed E-state index contributed by atoms with van der Waals surface area (Å²) in [7, 11) is 0. The van der Waals surface area contributed by atoms with Crippen molar-refractivity contribution < 1.29 is 4.79 Å². The first kappa shape index (κ1) is 18.0. The van der Waals surface area contributed by atoms with Crippen LogP contribution >= 0.6 is 23.7 Å². The molecule has 124 valence electrons. The van der Waals surface area contributed by atoms with Crippen LogP contribution in [0.4, 0.5) is 5.69 Å². The Hall–Kier alpha value is -1.36. The molecular formula is C18H23ClN2OS. The molecule has 1 fully saturated rings. The van der Waals surface area contributed by atoms with Gasteiger partial charge in [0.2, 0.25) is 5.91 Å². The number of rotatable bonds is 5. The van der Waals surface area contributed by atoms with Crippen LogP contribution < -0.4 is 10.6 Å². The van der Waals surface area contributed by atoms with E-state index in [4.69, 9.17) is 5.73 Å². The van der Waals surface area contributed by atoms with Crippen LogP contribution in [0.5, 0.6) is 0 Å². The summed E-state index contributed by atoms with van der Waals surface area (Å²) < 4.78 is 0. The van der Waals surface area contributed by atoms with Gasteiger partial charge in [0, 0.05) is 18.2 Å². The van der Waals surface area contributed by atoms with Gasteiger partial charge in [-0.2, -0.15) is 11.3 Å². The number of hydrogen-bond donors (Lipinski definition) is 1. The lowest BCUT2D eigenvalue weighted by molar-refractivity contribution is -0.119. The summed E-state index contributed by atoms with van der Waals surface area (Å²) in [5.74, 6) is 0.515. The zero-order valence-electron chi connectivity index (χ0n) is 13.1. The molecule has 1 aromatic carbocycles. The number of nitrogens with two attached hydrogens (primary N) is 1. The standard InChI is InChI=1S/C18H22N2OS.ClH/c19-17-8-4-5-15(17)11-18(21)20(12-14-9-10-22-13-14)16-6-2-1-3-7-16;/h1-3,6-7,9-10,13,15,17H,4-5,8,11-12,19H2;1H/t15-,17+;/m0./s1. The molecule has 1 aliphatic rings. The first-order chi connectivity index (χ1) is 10.7. The summed E-state index contributed by atoms with van der Waals surface area (Å²) >= 11 is 1.66. The lowest BCUT2D eigenvalue weighted by Crippen LogP contribution is -2.35. The van der Waals surface area contributed by atoms with Crippen molar-refractivity contribution >= 4 is 35.3 Å². The summed E-state index contributed by atoms with van der Waals surface area (Å²) in [5.41, 5.74) is 8.27. The molecule has 3 nitrogen and oxygen atoms in total. The molecule has 0 spiro atoms. The molecule has 0 saturated heterocycles. The smallest absolute Gasteiger partial charge is 0.227 e. The molecule has 5 heteroatoms. The van der Waals surface area contributed by atoms with E-state index < -0.39 is 0 Å². The molecule has 0 unspecified atom stereocenters. The van der Waals surface area contributed by atoms with E-state index in [9.17, 15) is 4.79 Å². The Labute approximate surface area is 147 Å². The molecule has 2 aromatic rings. The fraction of sp³-hybridized carbons (Fsp3) is 0.389. The lowest BCUT2D eigenvalue weighted by Gasteiger charge is -2.25. The van der Waals surface area contributed by atoms with E-state index >= 15 is 0 Å². The maximum absolute atomic E-state index is 12.8. The van der Waals surface area contributed by atoms with E-state index in [1.54, 1.807) is 11.3 Å². The van der Waals surface area contributed by atoms with Crippen molar-refractivity contribution in [3.05, 3.63) is 52.7 Å². The van der Waals surface area contributed by atoms with E-state index in [0.29, 0.717) is 18.9 Å².